The van der Waals surface area contributed by atoms with Gasteiger partial charge >= 0.3 is 0 Å². The number of pyridine rings is 1. The second-order valence-electron chi connectivity index (χ2n) is 3.88. The van der Waals surface area contributed by atoms with Gasteiger partial charge in [0.05, 0.1) is 23.5 Å². The molecule has 0 radical (unpaired) electrons. The molecule has 1 aliphatic rings. The number of rotatable bonds is 2. The van der Waals surface area contributed by atoms with Crippen LogP contribution in [0.2, 0.25) is 0 Å². The van der Waals surface area contributed by atoms with E-state index in [1.165, 1.54) is 0 Å². The molecule has 1 aromatic heterocycles. The molecule has 82 valence electrons. The molecular formula is C11H15BrN2O. The second kappa shape index (κ2) is 4.49. The van der Waals surface area contributed by atoms with Gasteiger partial charge in [0.15, 0.2) is 0 Å². The fourth-order valence-electron chi connectivity index (χ4n) is 1.80. The van der Waals surface area contributed by atoms with Gasteiger partial charge < -0.3 is 10.1 Å². The van der Waals surface area contributed by atoms with Crippen LogP contribution in [0.25, 0.3) is 0 Å². The highest BCUT2D eigenvalue weighted by molar-refractivity contribution is 9.10. The molecule has 1 aliphatic heterocycles. The Hall–Kier alpha value is -0.610. The fraction of sp³-hybridized carbons (Fsp3) is 0.545. The number of halogens is 1. The Bertz CT molecular complexity index is 356. The van der Waals surface area contributed by atoms with E-state index in [1.807, 2.05) is 13.0 Å². The first-order chi connectivity index (χ1) is 7.16. The van der Waals surface area contributed by atoms with Crippen molar-refractivity contribution >= 4 is 21.6 Å². The largest absolute Gasteiger partial charge is 0.378 e. The molecule has 1 fully saturated rings. The van der Waals surface area contributed by atoms with Crippen molar-refractivity contribution in [2.75, 3.05) is 11.9 Å². The highest BCUT2D eigenvalue weighted by Crippen LogP contribution is 2.22. The fourth-order valence-corrected chi connectivity index (χ4v) is 2.20. The highest BCUT2D eigenvalue weighted by atomic mass is 79.9. The summed E-state index contributed by atoms with van der Waals surface area (Å²) in [5.74, 6) is 0. The Labute approximate surface area is 98.4 Å². The zero-order valence-corrected chi connectivity index (χ0v) is 10.5. The lowest BCUT2D eigenvalue weighted by atomic mass is 10.1. The first-order valence-corrected chi connectivity index (χ1v) is 5.97. The zero-order valence-electron chi connectivity index (χ0n) is 8.96. The molecule has 1 N–H and O–H groups in total. The van der Waals surface area contributed by atoms with Crippen molar-refractivity contribution < 1.29 is 4.74 Å². The van der Waals surface area contributed by atoms with E-state index in [2.05, 4.69) is 39.2 Å². The molecule has 4 heteroatoms. The molecular weight excluding hydrogens is 256 g/mol. The van der Waals surface area contributed by atoms with E-state index in [-0.39, 0.29) is 6.10 Å². The minimum Gasteiger partial charge on any atom is -0.378 e. The topological polar surface area (TPSA) is 34.2 Å². The van der Waals surface area contributed by atoms with Crippen LogP contribution < -0.4 is 5.32 Å². The minimum absolute atomic E-state index is 0.285. The zero-order chi connectivity index (χ0) is 10.8. The van der Waals surface area contributed by atoms with Crippen molar-refractivity contribution in [1.29, 1.82) is 0 Å². The monoisotopic (exact) mass is 270 g/mol. The minimum atomic E-state index is 0.285. The Kier molecular flexibility index (Phi) is 3.26. The number of hydrogen-bond donors (Lipinski definition) is 1. The SMILES string of the molecule is Cc1nc(Br)ccc1NC1CCOC1C. The van der Waals surface area contributed by atoms with E-state index in [0.717, 1.165) is 29.0 Å². The Morgan fingerprint density at radius 2 is 2.33 bits per heavy atom. The summed E-state index contributed by atoms with van der Waals surface area (Å²) in [5, 5.41) is 3.48. The van der Waals surface area contributed by atoms with Crippen LogP contribution in [-0.2, 0) is 4.74 Å². The van der Waals surface area contributed by atoms with Gasteiger partial charge in [-0.1, -0.05) is 0 Å². The summed E-state index contributed by atoms with van der Waals surface area (Å²) in [5.41, 5.74) is 2.11. The maximum absolute atomic E-state index is 5.51. The maximum Gasteiger partial charge on any atom is 0.106 e. The first-order valence-electron chi connectivity index (χ1n) is 5.18. The average Bonchev–Trinajstić information content (AvgIpc) is 2.57. The lowest BCUT2D eigenvalue weighted by Crippen LogP contribution is -2.27. The Morgan fingerprint density at radius 3 is 2.93 bits per heavy atom. The summed E-state index contributed by atoms with van der Waals surface area (Å²) >= 11 is 3.36. The van der Waals surface area contributed by atoms with Crippen molar-refractivity contribution in [1.82, 2.24) is 4.98 Å². The molecule has 2 rings (SSSR count). The molecule has 0 amide bonds. The van der Waals surface area contributed by atoms with Gasteiger partial charge in [0.1, 0.15) is 4.60 Å². The summed E-state index contributed by atoms with van der Waals surface area (Å²) in [7, 11) is 0. The van der Waals surface area contributed by atoms with Crippen molar-refractivity contribution in [2.24, 2.45) is 0 Å². The van der Waals surface area contributed by atoms with E-state index in [1.54, 1.807) is 0 Å². The number of nitrogens with zero attached hydrogens (tertiary/aromatic N) is 1. The van der Waals surface area contributed by atoms with Gasteiger partial charge in [0.25, 0.3) is 0 Å². The number of nitrogens with one attached hydrogen (secondary N) is 1. The van der Waals surface area contributed by atoms with E-state index in [0.29, 0.717) is 6.04 Å². The van der Waals surface area contributed by atoms with E-state index >= 15 is 0 Å². The molecule has 2 heterocycles. The molecule has 0 bridgehead atoms. The third-order valence-corrected chi connectivity index (χ3v) is 3.21. The van der Waals surface area contributed by atoms with Crippen LogP contribution in [0.3, 0.4) is 0 Å². The number of aryl methyl sites for hydroxylation is 1. The van der Waals surface area contributed by atoms with E-state index in [4.69, 9.17) is 4.74 Å². The van der Waals surface area contributed by atoms with Crippen molar-refractivity contribution in [3.63, 3.8) is 0 Å². The molecule has 0 aromatic carbocycles. The number of anilines is 1. The normalized spacial score (nSPS) is 25.5. The van der Waals surface area contributed by atoms with Crippen molar-refractivity contribution in [3.8, 4) is 0 Å². The van der Waals surface area contributed by atoms with Gasteiger partial charge in [-0.05, 0) is 48.3 Å². The standard InChI is InChI=1S/C11H15BrN2O/c1-7-9(3-4-11(12)13-7)14-10-5-6-15-8(10)2/h3-4,8,10,14H,5-6H2,1-2H3. The predicted molar refractivity (Wildman–Crippen MR) is 64.1 cm³/mol. The number of aromatic nitrogens is 1. The van der Waals surface area contributed by atoms with Crippen LogP contribution in [-0.4, -0.2) is 23.7 Å². The molecule has 0 aliphatic carbocycles. The van der Waals surface area contributed by atoms with Gasteiger partial charge in [-0.25, -0.2) is 4.98 Å². The van der Waals surface area contributed by atoms with Crippen LogP contribution in [0, 0.1) is 6.92 Å². The molecule has 1 aromatic rings. The maximum atomic E-state index is 5.51. The Balaban J connectivity index is 2.10. The second-order valence-corrected chi connectivity index (χ2v) is 4.69. The van der Waals surface area contributed by atoms with Crippen LogP contribution in [0.5, 0.6) is 0 Å². The lowest BCUT2D eigenvalue weighted by Gasteiger charge is -2.18. The summed E-state index contributed by atoms with van der Waals surface area (Å²) in [6.07, 6.45) is 1.35. The van der Waals surface area contributed by atoms with Gasteiger partial charge in [0.2, 0.25) is 0 Å². The van der Waals surface area contributed by atoms with Gasteiger partial charge in [-0.15, -0.1) is 0 Å². The lowest BCUT2D eigenvalue weighted by molar-refractivity contribution is 0.121. The van der Waals surface area contributed by atoms with E-state index in [9.17, 15) is 0 Å². The molecule has 3 nitrogen and oxygen atoms in total. The van der Waals surface area contributed by atoms with Gasteiger partial charge in [0, 0.05) is 6.61 Å². The first kappa shape index (κ1) is 10.9. The van der Waals surface area contributed by atoms with Crippen LogP contribution in [0.4, 0.5) is 5.69 Å². The van der Waals surface area contributed by atoms with Gasteiger partial charge in [-0.3, -0.25) is 0 Å². The number of hydrogen-bond acceptors (Lipinski definition) is 3. The highest BCUT2D eigenvalue weighted by Gasteiger charge is 2.24. The molecule has 0 spiro atoms. The van der Waals surface area contributed by atoms with Crippen LogP contribution >= 0.6 is 15.9 Å². The van der Waals surface area contributed by atoms with Crippen LogP contribution in [0.15, 0.2) is 16.7 Å². The molecule has 15 heavy (non-hydrogen) atoms. The summed E-state index contributed by atoms with van der Waals surface area (Å²) in [4.78, 5) is 4.35. The summed E-state index contributed by atoms with van der Waals surface area (Å²) in [6.45, 7) is 4.96. The van der Waals surface area contributed by atoms with Crippen molar-refractivity contribution in [2.45, 2.75) is 32.4 Å². The van der Waals surface area contributed by atoms with Gasteiger partial charge in [-0.2, -0.15) is 0 Å². The summed E-state index contributed by atoms with van der Waals surface area (Å²) < 4.78 is 6.39. The number of ether oxygens (including phenoxy) is 1. The quantitative estimate of drug-likeness (QED) is 0.840. The Morgan fingerprint density at radius 1 is 1.53 bits per heavy atom. The van der Waals surface area contributed by atoms with Crippen molar-refractivity contribution in [3.05, 3.63) is 22.4 Å². The smallest absolute Gasteiger partial charge is 0.106 e. The third-order valence-electron chi connectivity index (χ3n) is 2.77. The van der Waals surface area contributed by atoms with Crippen LogP contribution in [0.1, 0.15) is 19.0 Å². The predicted octanol–water partition coefficient (Wildman–Crippen LogP) is 2.74. The molecule has 2 unspecified atom stereocenters. The van der Waals surface area contributed by atoms with E-state index < -0.39 is 0 Å². The molecule has 2 atom stereocenters. The average molecular weight is 271 g/mol. The molecule has 0 saturated carbocycles. The summed E-state index contributed by atoms with van der Waals surface area (Å²) in [6, 6.07) is 4.42. The third kappa shape index (κ3) is 2.49. The molecule has 1 saturated heterocycles.